The van der Waals surface area contributed by atoms with Crippen LogP contribution in [0, 0.1) is 20.8 Å². The molecule has 3 aromatic rings. The van der Waals surface area contributed by atoms with Crippen LogP contribution in [0.15, 0.2) is 36.7 Å². The van der Waals surface area contributed by atoms with E-state index in [4.69, 9.17) is 0 Å². The van der Waals surface area contributed by atoms with E-state index >= 15 is 0 Å². The summed E-state index contributed by atoms with van der Waals surface area (Å²) in [6.07, 6.45) is 4.63. The van der Waals surface area contributed by atoms with E-state index in [1.54, 1.807) is 19.0 Å². The van der Waals surface area contributed by atoms with Crippen molar-refractivity contribution in [3.05, 3.63) is 64.6 Å². The van der Waals surface area contributed by atoms with Gasteiger partial charge in [-0.15, -0.1) is 0 Å². The zero-order valence-electron chi connectivity index (χ0n) is 15.6. The third kappa shape index (κ3) is 3.43. The highest BCUT2D eigenvalue weighted by Crippen LogP contribution is 2.24. The Labute approximate surface area is 149 Å². The first-order valence-electron chi connectivity index (χ1n) is 8.56. The maximum Gasteiger partial charge on any atom is 0.241 e. The minimum Gasteiger partial charge on any atom is -0.347 e. The highest BCUT2D eigenvalue weighted by molar-refractivity contribution is 5.85. The van der Waals surface area contributed by atoms with Gasteiger partial charge in [-0.25, -0.2) is 0 Å². The molecule has 3 rings (SSSR count). The average molecular weight is 335 g/mol. The molecule has 0 aliphatic heterocycles. The SMILES string of the molecule is Cc1cc(C)c(Cc2nccc3c2ccn3CC(=O)N(C)C)c(C)c1. The lowest BCUT2D eigenvalue weighted by molar-refractivity contribution is -0.129. The summed E-state index contributed by atoms with van der Waals surface area (Å²) < 4.78 is 2.00. The van der Waals surface area contributed by atoms with E-state index in [2.05, 4.69) is 44.0 Å². The molecule has 0 bridgehead atoms. The predicted octanol–water partition coefficient (Wildman–Crippen LogP) is 3.64. The fraction of sp³-hybridized carbons (Fsp3) is 0.333. The fourth-order valence-corrected chi connectivity index (χ4v) is 3.40. The van der Waals surface area contributed by atoms with Crippen LogP contribution in [0.25, 0.3) is 10.9 Å². The minimum absolute atomic E-state index is 0.0843. The number of hydrogen-bond acceptors (Lipinski definition) is 2. The standard InChI is InChI=1S/C21H25N3O/c1-14-10-15(2)18(16(3)11-14)12-19-17-7-9-24(13-21(25)23(4)5)20(17)6-8-22-19/h6-11H,12-13H2,1-5H3. The molecule has 0 spiro atoms. The second kappa shape index (κ2) is 6.71. The molecule has 0 aliphatic carbocycles. The number of benzene rings is 1. The first kappa shape index (κ1) is 17.2. The Kier molecular flexibility index (Phi) is 4.62. The second-order valence-corrected chi connectivity index (χ2v) is 6.98. The van der Waals surface area contributed by atoms with Gasteiger partial charge in [-0.2, -0.15) is 0 Å². The van der Waals surface area contributed by atoms with Gasteiger partial charge < -0.3 is 9.47 Å². The summed E-state index contributed by atoms with van der Waals surface area (Å²) in [6, 6.07) is 8.50. The summed E-state index contributed by atoms with van der Waals surface area (Å²) in [7, 11) is 3.56. The maximum atomic E-state index is 12.0. The van der Waals surface area contributed by atoms with Gasteiger partial charge in [0, 0.05) is 38.3 Å². The van der Waals surface area contributed by atoms with Crippen molar-refractivity contribution in [3.8, 4) is 0 Å². The summed E-state index contributed by atoms with van der Waals surface area (Å²) >= 11 is 0. The molecule has 0 atom stereocenters. The van der Waals surface area contributed by atoms with Gasteiger partial charge >= 0.3 is 0 Å². The van der Waals surface area contributed by atoms with E-state index in [9.17, 15) is 4.79 Å². The number of carbonyl (C=O) groups is 1. The third-order valence-electron chi connectivity index (χ3n) is 4.77. The highest BCUT2D eigenvalue weighted by Gasteiger charge is 2.13. The molecule has 25 heavy (non-hydrogen) atoms. The van der Waals surface area contributed by atoms with E-state index in [0.717, 1.165) is 23.0 Å². The topological polar surface area (TPSA) is 38.1 Å². The number of fused-ring (bicyclic) bond motifs is 1. The fourth-order valence-electron chi connectivity index (χ4n) is 3.40. The molecule has 2 aromatic heterocycles. The third-order valence-corrected chi connectivity index (χ3v) is 4.77. The van der Waals surface area contributed by atoms with Crippen LogP contribution in [-0.2, 0) is 17.8 Å². The quantitative estimate of drug-likeness (QED) is 0.730. The minimum atomic E-state index is 0.0843. The number of carbonyl (C=O) groups excluding carboxylic acids is 1. The molecule has 0 aliphatic rings. The molecule has 2 heterocycles. The summed E-state index contributed by atoms with van der Waals surface area (Å²) in [5, 5.41) is 1.12. The molecule has 130 valence electrons. The molecule has 4 heteroatoms. The Morgan fingerprint density at radius 1 is 1.12 bits per heavy atom. The van der Waals surface area contributed by atoms with Crippen LogP contribution >= 0.6 is 0 Å². The monoisotopic (exact) mass is 335 g/mol. The molecule has 4 nitrogen and oxygen atoms in total. The van der Waals surface area contributed by atoms with Crippen molar-refractivity contribution >= 4 is 16.8 Å². The first-order valence-corrected chi connectivity index (χ1v) is 8.56. The van der Waals surface area contributed by atoms with Crippen molar-refractivity contribution in [1.29, 1.82) is 0 Å². The van der Waals surface area contributed by atoms with Gasteiger partial charge in [0.15, 0.2) is 0 Å². The van der Waals surface area contributed by atoms with Crippen LogP contribution in [0.3, 0.4) is 0 Å². The number of amides is 1. The van der Waals surface area contributed by atoms with Crippen molar-refractivity contribution in [2.75, 3.05) is 14.1 Å². The number of nitrogens with zero attached hydrogens (tertiary/aromatic N) is 3. The molecule has 0 fully saturated rings. The molecule has 0 radical (unpaired) electrons. The van der Waals surface area contributed by atoms with Gasteiger partial charge in [-0.05, 0) is 49.6 Å². The molecule has 0 unspecified atom stereocenters. The van der Waals surface area contributed by atoms with E-state index in [-0.39, 0.29) is 5.91 Å². The Balaban J connectivity index is 1.99. The lowest BCUT2D eigenvalue weighted by Gasteiger charge is -2.13. The van der Waals surface area contributed by atoms with Crippen LogP contribution < -0.4 is 0 Å². The number of likely N-dealkylation sites (N-methyl/N-ethyl adjacent to an activating group) is 1. The average Bonchev–Trinajstić information content (AvgIpc) is 2.94. The zero-order valence-corrected chi connectivity index (χ0v) is 15.6. The van der Waals surface area contributed by atoms with Crippen LogP contribution in [0.2, 0.25) is 0 Å². The molecule has 1 amide bonds. The van der Waals surface area contributed by atoms with Crippen LogP contribution in [0.5, 0.6) is 0 Å². The van der Waals surface area contributed by atoms with E-state index in [0.29, 0.717) is 6.54 Å². The number of hydrogen-bond donors (Lipinski definition) is 0. The number of aryl methyl sites for hydroxylation is 3. The van der Waals surface area contributed by atoms with Gasteiger partial charge in [0.05, 0.1) is 11.2 Å². The van der Waals surface area contributed by atoms with E-state index in [1.807, 2.05) is 23.0 Å². The van der Waals surface area contributed by atoms with Crippen molar-refractivity contribution in [2.24, 2.45) is 0 Å². The van der Waals surface area contributed by atoms with Crippen LogP contribution in [0.4, 0.5) is 0 Å². The van der Waals surface area contributed by atoms with Crippen LogP contribution in [0.1, 0.15) is 27.9 Å². The van der Waals surface area contributed by atoms with Gasteiger partial charge in [-0.3, -0.25) is 9.78 Å². The number of rotatable bonds is 4. The molecule has 0 saturated carbocycles. The van der Waals surface area contributed by atoms with Crippen molar-refractivity contribution < 1.29 is 4.79 Å². The van der Waals surface area contributed by atoms with Crippen LogP contribution in [-0.4, -0.2) is 34.5 Å². The smallest absolute Gasteiger partial charge is 0.241 e. The Morgan fingerprint density at radius 2 is 1.80 bits per heavy atom. The second-order valence-electron chi connectivity index (χ2n) is 6.98. The summed E-state index contributed by atoms with van der Waals surface area (Å²) in [4.78, 5) is 18.3. The zero-order chi connectivity index (χ0) is 18.1. The van der Waals surface area contributed by atoms with Gasteiger partial charge in [0.25, 0.3) is 0 Å². The summed E-state index contributed by atoms with van der Waals surface area (Å²) in [5.74, 6) is 0.0843. The highest BCUT2D eigenvalue weighted by atomic mass is 16.2. The van der Waals surface area contributed by atoms with Gasteiger partial charge in [0.2, 0.25) is 5.91 Å². The Bertz CT molecular complexity index is 914. The maximum absolute atomic E-state index is 12.0. The molecule has 0 saturated heterocycles. The first-order chi connectivity index (χ1) is 11.9. The number of aromatic nitrogens is 2. The molecule has 1 aromatic carbocycles. The number of pyridine rings is 1. The van der Waals surface area contributed by atoms with Crippen molar-refractivity contribution in [1.82, 2.24) is 14.5 Å². The lowest BCUT2D eigenvalue weighted by Crippen LogP contribution is -2.25. The van der Waals surface area contributed by atoms with Gasteiger partial charge in [-0.1, -0.05) is 17.7 Å². The Hall–Kier alpha value is -2.62. The molecular formula is C21H25N3O. The van der Waals surface area contributed by atoms with Crippen molar-refractivity contribution in [2.45, 2.75) is 33.7 Å². The Morgan fingerprint density at radius 3 is 2.44 bits per heavy atom. The van der Waals surface area contributed by atoms with Gasteiger partial charge in [0.1, 0.15) is 6.54 Å². The predicted molar refractivity (Wildman–Crippen MR) is 102 cm³/mol. The summed E-state index contributed by atoms with van der Waals surface area (Å²) in [6.45, 7) is 6.81. The molecular weight excluding hydrogens is 310 g/mol. The molecule has 0 N–H and O–H groups in total. The summed E-state index contributed by atoms with van der Waals surface area (Å²) in [5.41, 5.74) is 7.35. The van der Waals surface area contributed by atoms with E-state index < -0.39 is 0 Å². The van der Waals surface area contributed by atoms with Crippen molar-refractivity contribution in [3.63, 3.8) is 0 Å². The largest absolute Gasteiger partial charge is 0.347 e. The normalized spacial score (nSPS) is 11.1. The lowest BCUT2D eigenvalue weighted by atomic mass is 9.95. The van der Waals surface area contributed by atoms with E-state index in [1.165, 1.54) is 22.3 Å².